The van der Waals surface area contributed by atoms with Crippen LogP contribution in [0.4, 0.5) is 5.82 Å². The minimum absolute atomic E-state index is 0.0751. The number of aromatic nitrogens is 4. The van der Waals surface area contributed by atoms with E-state index in [0.717, 1.165) is 87.7 Å². The molecule has 1 saturated carbocycles. The smallest absolute Gasteiger partial charge is 0.251 e. The third kappa shape index (κ3) is 10.4. The Morgan fingerprint density at radius 3 is 2.22 bits per heavy atom. The van der Waals surface area contributed by atoms with Crippen molar-refractivity contribution >= 4 is 40.5 Å². The summed E-state index contributed by atoms with van der Waals surface area (Å²) >= 11 is 1.60. The summed E-state index contributed by atoms with van der Waals surface area (Å²) in [5, 5.41) is 28.5. The number of fused-ring (bicyclic) bond motifs is 1. The summed E-state index contributed by atoms with van der Waals surface area (Å²) in [6.45, 7) is 11.0. The number of carbonyl (C=O) groups excluding carboxylic acids is 3. The number of aliphatic hydroxyl groups excluding tert-OH is 1. The van der Waals surface area contributed by atoms with Gasteiger partial charge in [-0.15, -0.1) is 11.3 Å². The van der Waals surface area contributed by atoms with Crippen LogP contribution >= 0.6 is 11.3 Å². The van der Waals surface area contributed by atoms with E-state index in [1.807, 2.05) is 117 Å². The van der Waals surface area contributed by atoms with Gasteiger partial charge in [-0.2, -0.15) is 9.61 Å². The second-order valence-electron chi connectivity index (χ2n) is 18.3. The Labute approximate surface area is 379 Å². The predicted octanol–water partition coefficient (Wildman–Crippen LogP) is 7.33. The van der Waals surface area contributed by atoms with E-state index < -0.39 is 23.6 Å². The molecule has 2 fully saturated rings. The van der Waals surface area contributed by atoms with Crippen molar-refractivity contribution < 1.29 is 19.5 Å². The van der Waals surface area contributed by atoms with E-state index in [0.29, 0.717) is 18.7 Å². The fourth-order valence-electron chi connectivity index (χ4n) is 8.92. The molecule has 5 atom stereocenters. The van der Waals surface area contributed by atoms with Crippen molar-refractivity contribution in [2.24, 2.45) is 5.41 Å². The second-order valence-corrected chi connectivity index (χ2v) is 19.2. The molecule has 3 aromatic carbocycles. The van der Waals surface area contributed by atoms with Crippen LogP contribution in [0.2, 0.25) is 0 Å². The molecule has 334 valence electrons. The van der Waals surface area contributed by atoms with Gasteiger partial charge in [-0.25, -0.2) is 9.97 Å². The molecule has 4 heterocycles. The van der Waals surface area contributed by atoms with Crippen LogP contribution < -0.4 is 21.3 Å². The van der Waals surface area contributed by atoms with E-state index in [9.17, 15) is 19.5 Å². The van der Waals surface area contributed by atoms with Crippen molar-refractivity contribution in [3.63, 3.8) is 0 Å². The van der Waals surface area contributed by atoms with Gasteiger partial charge >= 0.3 is 0 Å². The topological polar surface area (TPSA) is 166 Å². The van der Waals surface area contributed by atoms with Crippen LogP contribution in [0.5, 0.6) is 0 Å². The Bertz CT molecular complexity index is 2570. The van der Waals surface area contributed by atoms with Crippen LogP contribution in [0.15, 0.2) is 96.6 Å². The average molecular weight is 882 g/mol. The first-order valence-corrected chi connectivity index (χ1v) is 23.3. The lowest BCUT2D eigenvalue weighted by molar-refractivity contribution is -0.142. The Morgan fingerprint density at radius 2 is 1.55 bits per heavy atom. The Kier molecular flexibility index (Phi) is 13.5. The number of amides is 3. The maximum atomic E-state index is 14.2. The quantitative estimate of drug-likeness (QED) is 0.0711. The molecular formula is C50H59N9O4S. The molecule has 6 aromatic rings. The van der Waals surface area contributed by atoms with Gasteiger partial charge in [0, 0.05) is 61.5 Å². The number of aliphatic hydroxyl groups is 1. The highest BCUT2D eigenvalue weighted by atomic mass is 32.1. The first-order chi connectivity index (χ1) is 30.8. The summed E-state index contributed by atoms with van der Waals surface area (Å²) in [4.78, 5) is 52.8. The van der Waals surface area contributed by atoms with Gasteiger partial charge in [0.15, 0.2) is 5.65 Å². The number of carbonyl (C=O) groups is 3. The van der Waals surface area contributed by atoms with Crippen molar-refractivity contribution in [3.8, 4) is 21.6 Å². The number of benzene rings is 3. The first-order valence-electron chi connectivity index (χ1n) is 22.4. The molecule has 0 spiro atoms. The van der Waals surface area contributed by atoms with Gasteiger partial charge in [0.05, 0.1) is 34.4 Å². The monoisotopic (exact) mass is 881 g/mol. The van der Waals surface area contributed by atoms with E-state index in [1.165, 1.54) is 0 Å². The van der Waals surface area contributed by atoms with Crippen molar-refractivity contribution in [3.05, 3.63) is 125 Å². The number of anilines is 1. The number of aryl methyl sites for hydroxylation is 2. The fourth-order valence-corrected chi connectivity index (χ4v) is 9.73. The third-order valence-electron chi connectivity index (χ3n) is 12.4. The summed E-state index contributed by atoms with van der Waals surface area (Å²) in [6, 6.07) is 26.8. The summed E-state index contributed by atoms with van der Waals surface area (Å²) < 4.78 is 1.85. The molecule has 0 bridgehead atoms. The van der Waals surface area contributed by atoms with Crippen molar-refractivity contribution in [1.82, 2.24) is 40.4 Å². The van der Waals surface area contributed by atoms with Gasteiger partial charge < -0.3 is 31.3 Å². The van der Waals surface area contributed by atoms with Gasteiger partial charge in [0.1, 0.15) is 11.9 Å². The van der Waals surface area contributed by atoms with Crippen LogP contribution in [0, 0.1) is 12.3 Å². The maximum Gasteiger partial charge on any atom is 0.251 e. The van der Waals surface area contributed by atoms with Crippen molar-refractivity contribution in [2.75, 3.05) is 11.9 Å². The van der Waals surface area contributed by atoms with E-state index >= 15 is 0 Å². The van der Waals surface area contributed by atoms with Gasteiger partial charge in [0.25, 0.3) is 5.91 Å². The summed E-state index contributed by atoms with van der Waals surface area (Å²) in [7, 11) is 0. The molecule has 0 radical (unpaired) electrons. The van der Waals surface area contributed by atoms with Crippen LogP contribution in [0.1, 0.15) is 92.7 Å². The number of nitrogens with zero attached hydrogens (tertiary/aromatic N) is 5. The van der Waals surface area contributed by atoms with Crippen LogP contribution in [-0.2, 0) is 29.1 Å². The lowest BCUT2D eigenvalue weighted by atomic mass is 9.85. The molecule has 2 aliphatic rings. The minimum atomic E-state index is -0.784. The molecular weight excluding hydrogens is 823 g/mol. The third-order valence-corrected chi connectivity index (χ3v) is 13.4. The van der Waals surface area contributed by atoms with Gasteiger partial charge in [-0.05, 0) is 78.0 Å². The fraction of sp³-hybridized carbons (Fsp3) is 0.400. The molecule has 5 N–H and O–H groups in total. The molecule has 1 aliphatic heterocycles. The molecule has 0 unspecified atom stereocenters. The normalized spacial score (nSPS) is 19.2. The zero-order valence-corrected chi connectivity index (χ0v) is 38.1. The largest absolute Gasteiger partial charge is 0.391 e. The average Bonchev–Trinajstić information content (AvgIpc) is 4.11. The lowest BCUT2D eigenvalue weighted by Gasteiger charge is -2.35. The summed E-state index contributed by atoms with van der Waals surface area (Å²) in [5.41, 5.74) is 9.88. The van der Waals surface area contributed by atoms with Crippen LogP contribution in [0.3, 0.4) is 0 Å². The highest BCUT2D eigenvalue weighted by Crippen LogP contribution is 2.30. The summed E-state index contributed by atoms with van der Waals surface area (Å²) in [5.74, 6) is 0.372. The minimum Gasteiger partial charge on any atom is -0.391 e. The van der Waals surface area contributed by atoms with Gasteiger partial charge in [0.2, 0.25) is 11.8 Å². The number of rotatable bonds is 15. The Balaban J connectivity index is 0.827. The highest BCUT2D eigenvalue weighted by Gasteiger charge is 2.43. The molecule has 64 heavy (non-hydrogen) atoms. The van der Waals surface area contributed by atoms with E-state index in [-0.39, 0.29) is 42.8 Å². The van der Waals surface area contributed by atoms with Crippen molar-refractivity contribution in [1.29, 1.82) is 0 Å². The number of β-amino-alcohol motifs (C(OH)–C–C–N with tert-alkyl or cyclic N) is 1. The predicted molar refractivity (Wildman–Crippen MR) is 252 cm³/mol. The molecule has 13 nitrogen and oxygen atoms in total. The number of hydrogen-bond donors (Lipinski definition) is 5. The summed E-state index contributed by atoms with van der Waals surface area (Å²) in [6.07, 6.45) is 5.78. The second kappa shape index (κ2) is 19.4. The van der Waals surface area contributed by atoms with Crippen LogP contribution in [0.25, 0.3) is 27.2 Å². The standard InChI is InChI=1S/C50H59N9O4S/c1-6-7-38-25-44(59-43(55-38)22-23-54-59)56-39-20-21-40(24-39)57-47(61)37-18-16-35(17-19-37)34-12-8-32(9-13-34)27-51-46(50(3,4)5)49(63)58-29-41(60)26-42(58)48(62)52-28-33-10-14-36(15-11-33)45-31(2)53-30-64-45/h8-19,22-23,25,30,39-42,46,51,56,60H,6-7,20-21,24,26-29H2,1-5H3,(H,52,62)(H,57,61)/t39-,40-,41-,42+,46-/m1/s1. The number of thiazole rings is 1. The maximum absolute atomic E-state index is 14.2. The molecule has 3 aromatic heterocycles. The molecule has 1 aliphatic carbocycles. The first kappa shape index (κ1) is 44.6. The zero-order valence-electron chi connectivity index (χ0n) is 37.3. The lowest BCUT2D eigenvalue weighted by Crippen LogP contribution is -2.56. The molecule has 14 heteroatoms. The zero-order chi connectivity index (χ0) is 45.0. The van der Waals surface area contributed by atoms with Gasteiger partial charge in [-0.3, -0.25) is 14.4 Å². The highest BCUT2D eigenvalue weighted by molar-refractivity contribution is 7.13. The molecule has 8 rings (SSSR count). The van der Waals surface area contributed by atoms with Gasteiger partial charge in [-0.1, -0.05) is 94.8 Å². The number of nitrogens with one attached hydrogen (secondary N) is 4. The number of hydrogen-bond acceptors (Lipinski definition) is 10. The van der Waals surface area contributed by atoms with Crippen LogP contribution in [-0.4, -0.2) is 84.1 Å². The van der Waals surface area contributed by atoms with E-state index in [4.69, 9.17) is 4.98 Å². The number of likely N-dealkylation sites (tertiary alicyclic amines) is 1. The molecule has 3 amide bonds. The Morgan fingerprint density at radius 1 is 0.875 bits per heavy atom. The Hall–Kier alpha value is -5.96. The van der Waals surface area contributed by atoms with E-state index in [1.54, 1.807) is 22.4 Å². The van der Waals surface area contributed by atoms with Crippen molar-refractivity contribution in [2.45, 2.75) is 117 Å². The SMILES string of the molecule is CCCc1cc(N[C@@H]2CC[C@@H](NC(=O)c3ccc(-c4ccc(CN[C@H](C(=O)N5C[C@H](O)C[C@H]5C(=O)NCc5ccc(-c6scnc6C)cc5)C(C)(C)C)cc4)cc3)C2)n2nccc2n1. The molecule has 1 saturated heterocycles. The van der Waals surface area contributed by atoms with E-state index in [2.05, 4.69) is 44.3 Å².